The number of likely N-dealkylation sites (N-methyl/N-ethyl adjacent to an activating group) is 1. The lowest BCUT2D eigenvalue weighted by molar-refractivity contribution is -0.384. The fourth-order valence-electron chi connectivity index (χ4n) is 7.72. The van der Waals surface area contributed by atoms with Crippen LogP contribution in [-0.2, 0) is 5.54 Å². The zero-order valence-corrected chi connectivity index (χ0v) is 21.9. The van der Waals surface area contributed by atoms with Crippen molar-refractivity contribution >= 4 is 28.3 Å². The number of carbonyl (C=O) groups excluding carboxylic acids is 2. The number of para-hydroxylation sites is 2. The molecular formula is C33H22N4O4. The van der Waals surface area contributed by atoms with E-state index in [4.69, 9.17) is 9.97 Å². The predicted octanol–water partition coefficient (Wildman–Crippen LogP) is 5.56. The van der Waals surface area contributed by atoms with E-state index in [1.54, 1.807) is 36.4 Å². The van der Waals surface area contributed by atoms with Crippen molar-refractivity contribution in [1.29, 1.82) is 0 Å². The van der Waals surface area contributed by atoms with Crippen LogP contribution in [0.2, 0.25) is 0 Å². The number of non-ortho nitro benzene ring substituents is 1. The van der Waals surface area contributed by atoms with E-state index < -0.39 is 21.8 Å². The van der Waals surface area contributed by atoms with Crippen molar-refractivity contribution in [2.75, 3.05) is 13.6 Å². The average Bonchev–Trinajstić information content (AvgIpc) is 3.54. The number of aromatic nitrogens is 2. The summed E-state index contributed by atoms with van der Waals surface area (Å²) in [5.41, 5.74) is 2.43. The van der Waals surface area contributed by atoms with Gasteiger partial charge in [0.25, 0.3) is 5.69 Å². The standard InChI is InChI=1S/C33H22N4O4/c1-36-18-25(19-9-8-10-20(17-19)37(40)41)32(30(38)21-11-2-3-12-22(21)31(32)39)33(36)24-14-5-4-13-23(24)28-29(33)35-27-16-7-6-15-26(27)34-28/h2-17,25H,18H2,1H3/t25-,33+/m1/s1. The summed E-state index contributed by atoms with van der Waals surface area (Å²) in [6.07, 6.45) is 0. The molecule has 0 saturated carbocycles. The van der Waals surface area contributed by atoms with Crippen molar-refractivity contribution in [2.45, 2.75) is 11.5 Å². The number of hydrogen-bond donors (Lipinski definition) is 0. The van der Waals surface area contributed by atoms with E-state index in [2.05, 4.69) is 0 Å². The Bertz CT molecular complexity index is 1970. The van der Waals surface area contributed by atoms with Crippen LogP contribution >= 0.6 is 0 Å². The largest absolute Gasteiger partial charge is 0.293 e. The molecule has 0 amide bonds. The number of nitrogens with zero attached hydrogens (tertiary/aromatic N) is 4. The molecule has 8 rings (SSSR count). The summed E-state index contributed by atoms with van der Waals surface area (Å²) in [4.78, 5) is 53.6. The number of Topliss-reactive ketones (excluding diaryl/α,β-unsaturated/α-hetero) is 2. The maximum Gasteiger partial charge on any atom is 0.269 e. The normalized spacial score (nSPS) is 21.9. The van der Waals surface area contributed by atoms with E-state index in [9.17, 15) is 19.7 Å². The Labute approximate surface area is 234 Å². The number of ketones is 2. The quantitative estimate of drug-likeness (QED) is 0.165. The molecule has 0 unspecified atom stereocenters. The van der Waals surface area contributed by atoms with Crippen molar-refractivity contribution in [3.8, 4) is 11.3 Å². The van der Waals surface area contributed by atoms with Gasteiger partial charge in [0.15, 0.2) is 11.6 Å². The number of carbonyl (C=O) groups is 2. The van der Waals surface area contributed by atoms with Crippen LogP contribution in [-0.4, -0.2) is 45.0 Å². The number of nitro benzene ring substituents is 1. The van der Waals surface area contributed by atoms with Crippen LogP contribution in [0.5, 0.6) is 0 Å². The van der Waals surface area contributed by atoms with Gasteiger partial charge in [-0.1, -0.05) is 72.8 Å². The molecule has 4 aromatic carbocycles. The Morgan fingerprint density at radius 2 is 1.41 bits per heavy atom. The molecule has 2 heterocycles. The number of benzene rings is 4. The SMILES string of the molecule is CN1C[C@H](c2cccc([N+](=O)[O-])c2)C2(C(=O)c3ccccc3C2=O)[C@@]12c1ccccc1-c1nc3ccccc3nc12. The van der Waals surface area contributed by atoms with Gasteiger partial charge in [0.2, 0.25) is 0 Å². The molecule has 3 aliphatic rings. The first-order chi connectivity index (χ1) is 19.9. The Hall–Kier alpha value is -5.08. The second-order valence-corrected chi connectivity index (χ2v) is 11.0. The molecule has 2 aliphatic carbocycles. The lowest BCUT2D eigenvalue weighted by atomic mass is 9.58. The van der Waals surface area contributed by atoms with Gasteiger partial charge in [-0.3, -0.25) is 24.6 Å². The Balaban J connectivity index is 1.53. The second kappa shape index (κ2) is 7.99. The van der Waals surface area contributed by atoms with Crippen molar-refractivity contribution < 1.29 is 14.5 Å². The number of likely N-dealkylation sites (tertiary alicyclic amines) is 1. The van der Waals surface area contributed by atoms with Gasteiger partial charge in [-0.2, -0.15) is 0 Å². The molecule has 8 nitrogen and oxygen atoms in total. The molecule has 2 spiro atoms. The van der Waals surface area contributed by atoms with Gasteiger partial charge in [0, 0.05) is 41.3 Å². The zero-order valence-electron chi connectivity index (χ0n) is 21.9. The molecule has 5 aromatic rings. The highest BCUT2D eigenvalue weighted by molar-refractivity contribution is 6.32. The molecule has 8 heteroatoms. The van der Waals surface area contributed by atoms with E-state index in [1.165, 1.54) is 12.1 Å². The summed E-state index contributed by atoms with van der Waals surface area (Å²) in [6.45, 7) is 0.301. The van der Waals surface area contributed by atoms with Gasteiger partial charge < -0.3 is 0 Å². The first-order valence-electron chi connectivity index (χ1n) is 13.4. The van der Waals surface area contributed by atoms with Crippen LogP contribution in [0.25, 0.3) is 22.3 Å². The fraction of sp³-hybridized carbons (Fsp3) is 0.152. The molecule has 0 N–H and O–H groups in total. The lowest BCUT2D eigenvalue weighted by Crippen LogP contribution is -2.56. The van der Waals surface area contributed by atoms with Gasteiger partial charge in [0.05, 0.1) is 27.3 Å². The third-order valence-electron chi connectivity index (χ3n) is 9.22. The van der Waals surface area contributed by atoms with E-state index in [1.807, 2.05) is 60.5 Å². The monoisotopic (exact) mass is 538 g/mol. The Morgan fingerprint density at radius 1 is 0.805 bits per heavy atom. The van der Waals surface area contributed by atoms with Crippen LogP contribution in [0, 0.1) is 15.5 Å². The van der Waals surface area contributed by atoms with Gasteiger partial charge in [-0.25, -0.2) is 9.97 Å². The molecule has 1 aliphatic heterocycles. The highest BCUT2D eigenvalue weighted by atomic mass is 16.6. The minimum Gasteiger partial charge on any atom is -0.293 e. The third-order valence-corrected chi connectivity index (χ3v) is 9.22. The van der Waals surface area contributed by atoms with Gasteiger partial charge in [-0.05, 0) is 30.3 Å². The molecule has 0 bridgehead atoms. The number of nitro groups is 1. The van der Waals surface area contributed by atoms with Crippen molar-refractivity contribution in [3.05, 3.63) is 135 Å². The summed E-state index contributed by atoms with van der Waals surface area (Å²) < 4.78 is 0. The number of rotatable bonds is 2. The lowest BCUT2D eigenvalue weighted by Gasteiger charge is -2.44. The van der Waals surface area contributed by atoms with Crippen LogP contribution in [0.15, 0.2) is 97.1 Å². The van der Waals surface area contributed by atoms with Crippen LogP contribution in [0.1, 0.15) is 43.5 Å². The third kappa shape index (κ3) is 2.68. The fourth-order valence-corrected chi connectivity index (χ4v) is 7.72. The second-order valence-electron chi connectivity index (χ2n) is 11.0. The van der Waals surface area contributed by atoms with Crippen LogP contribution < -0.4 is 0 Å². The van der Waals surface area contributed by atoms with E-state index in [0.717, 1.165) is 16.6 Å². The summed E-state index contributed by atoms with van der Waals surface area (Å²) in [7, 11) is 1.91. The summed E-state index contributed by atoms with van der Waals surface area (Å²) in [5.74, 6) is -1.28. The summed E-state index contributed by atoms with van der Waals surface area (Å²) >= 11 is 0. The summed E-state index contributed by atoms with van der Waals surface area (Å²) in [6, 6.07) is 28.6. The molecule has 41 heavy (non-hydrogen) atoms. The van der Waals surface area contributed by atoms with E-state index in [0.29, 0.717) is 40.1 Å². The van der Waals surface area contributed by atoms with Crippen molar-refractivity contribution in [3.63, 3.8) is 0 Å². The average molecular weight is 539 g/mol. The van der Waals surface area contributed by atoms with Gasteiger partial charge in [0.1, 0.15) is 11.0 Å². The molecular weight excluding hydrogens is 516 g/mol. The van der Waals surface area contributed by atoms with Gasteiger partial charge >= 0.3 is 0 Å². The van der Waals surface area contributed by atoms with Crippen molar-refractivity contribution in [1.82, 2.24) is 14.9 Å². The van der Waals surface area contributed by atoms with E-state index in [-0.39, 0.29) is 17.3 Å². The molecule has 2 atom stereocenters. The molecule has 1 saturated heterocycles. The highest BCUT2D eigenvalue weighted by Crippen LogP contribution is 2.69. The molecule has 198 valence electrons. The summed E-state index contributed by atoms with van der Waals surface area (Å²) in [5, 5.41) is 11.8. The van der Waals surface area contributed by atoms with Gasteiger partial charge in [-0.15, -0.1) is 0 Å². The number of fused-ring (bicyclic) bond motifs is 8. The van der Waals surface area contributed by atoms with Crippen LogP contribution in [0.4, 0.5) is 5.69 Å². The molecule has 0 radical (unpaired) electrons. The van der Waals surface area contributed by atoms with E-state index >= 15 is 0 Å². The van der Waals surface area contributed by atoms with Crippen molar-refractivity contribution in [2.24, 2.45) is 5.41 Å². The topological polar surface area (TPSA) is 106 Å². The smallest absolute Gasteiger partial charge is 0.269 e. The maximum absolute atomic E-state index is 15.0. The first kappa shape index (κ1) is 23.8. The maximum atomic E-state index is 15.0. The first-order valence-corrected chi connectivity index (χ1v) is 13.4. The number of hydrogen-bond acceptors (Lipinski definition) is 7. The predicted molar refractivity (Wildman–Crippen MR) is 152 cm³/mol. The Kier molecular flexibility index (Phi) is 4.63. The highest BCUT2D eigenvalue weighted by Gasteiger charge is 2.77. The zero-order chi connectivity index (χ0) is 28.1. The van der Waals surface area contributed by atoms with Crippen LogP contribution in [0.3, 0.4) is 0 Å². The minimum absolute atomic E-state index is 0.0883. The molecule has 1 fully saturated rings. The Morgan fingerprint density at radius 3 is 2.10 bits per heavy atom. The molecule has 1 aromatic heterocycles. The minimum atomic E-state index is -1.67.